The number of rotatable bonds is 5. The van der Waals surface area contributed by atoms with Crippen molar-refractivity contribution in [2.24, 2.45) is 0 Å². The molecule has 2 N–H and O–H groups in total. The van der Waals surface area contributed by atoms with Gasteiger partial charge in [-0.2, -0.15) is 17.5 Å². The standard InChI is InChI=1S/C22H24F3N3O5S/c1-13-11-28(12-14(2)33-13)34(31,32)18-6-4-5-16(9-18)21(30)27-20-10-17(22(23,24)25)7-8-19(20)26-15(3)29/h4-10,13-14H,11-12H2,1-3H3,(H,26,29)(H,27,30). The molecule has 2 atom stereocenters. The van der Waals surface area contributed by atoms with Crippen LogP contribution < -0.4 is 10.6 Å². The monoisotopic (exact) mass is 499 g/mol. The summed E-state index contributed by atoms with van der Waals surface area (Å²) in [5.74, 6) is -1.39. The number of morpholine rings is 1. The molecule has 8 nitrogen and oxygen atoms in total. The van der Waals surface area contributed by atoms with Crippen molar-refractivity contribution >= 4 is 33.2 Å². The van der Waals surface area contributed by atoms with E-state index in [1.807, 2.05) is 0 Å². The Morgan fingerprint density at radius 2 is 1.65 bits per heavy atom. The third kappa shape index (κ3) is 5.93. The lowest BCUT2D eigenvalue weighted by atomic mass is 10.1. The van der Waals surface area contributed by atoms with E-state index in [-0.39, 0.29) is 47.1 Å². The van der Waals surface area contributed by atoms with Gasteiger partial charge in [-0.15, -0.1) is 0 Å². The third-order valence-corrected chi connectivity index (χ3v) is 6.85. The van der Waals surface area contributed by atoms with E-state index in [1.165, 1.54) is 29.4 Å². The highest BCUT2D eigenvalue weighted by Crippen LogP contribution is 2.34. The van der Waals surface area contributed by atoms with Crippen molar-refractivity contribution in [3.63, 3.8) is 0 Å². The minimum Gasteiger partial charge on any atom is -0.373 e. The van der Waals surface area contributed by atoms with Gasteiger partial charge in [0.05, 0.1) is 34.0 Å². The van der Waals surface area contributed by atoms with E-state index in [2.05, 4.69) is 10.6 Å². The van der Waals surface area contributed by atoms with E-state index in [1.54, 1.807) is 13.8 Å². The quantitative estimate of drug-likeness (QED) is 0.653. The molecule has 184 valence electrons. The smallest absolute Gasteiger partial charge is 0.373 e. The van der Waals surface area contributed by atoms with Gasteiger partial charge in [0.25, 0.3) is 5.91 Å². The van der Waals surface area contributed by atoms with Gasteiger partial charge < -0.3 is 15.4 Å². The van der Waals surface area contributed by atoms with Gasteiger partial charge in [-0.3, -0.25) is 9.59 Å². The number of anilines is 2. The highest BCUT2D eigenvalue weighted by Gasteiger charge is 2.33. The molecule has 2 unspecified atom stereocenters. The first kappa shape index (κ1) is 25.7. The number of nitrogens with zero attached hydrogens (tertiary/aromatic N) is 1. The molecule has 0 radical (unpaired) electrons. The van der Waals surface area contributed by atoms with Crippen LogP contribution in [0.1, 0.15) is 36.7 Å². The van der Waals surface area contributed by atoms with Gasteiger partial charge in [0.1, 0.15) is 0 Å². The third-order valence-electron chi connectivity index (χ3n) is 5.03. The molecule has 0 spiro atoms. The molecule has 2 aromatic carbocycles. The van der Waals surface area contributed by atoms with E-state index >= 15 is 0 Å². The summed E-state index contributed by atoms with van der Waals surface area (Å²) in [4.78, 5) is 24.1. The number of nitrogens with one attached hydrogen (secondary N) is 2. The van der Waals surface area contributed by atoms with Crippen LogP contribution in [0.5, 0.6) is 0 Å². The van der Waals surface area contributed by atoms with Crippen LogP contribution in [-0.4, -0.2) is 49.8 Å². The number of sulfonamides is 1. The molecule has 1 fully saturated rings. The Morgan fingerprint density at radius 3 is 2.24 bits per heavy atom. The van der Waals surface area contributed by atoms with E-state index in [9.17, 15) is 31.2 Å². The van der Waals surface area contributed by atoms with Gasteiger partial charge in [-0.25, -0.2) is 8.42 Å². The number of ether oxygens (including phenoxy) is 1. The van der Waals surface area contributed by atoms with Crippen molar-refractivity contribution < 1.29 is 35.9 Å². The number of hydrogen-bond acceptors (Lipinski definition) is 5. The molecule has 1 saturated heterocycles. The predicted molar refractivity (Wildman–Crippen MR) is 119 cm³/mol. The number of carbonyl (C=O) groups is 2. The van der Waals surface area contributed by atoms with E-state index in [0.29, 0.717) is 6.07 Å². The average Bonchev–Trinajstić information content (AvgIpc) is 2.73. The van der Waals surface area contributed by atoms with Gasteiger partial charge >= 0.3 is 6.18 Å². The Hall–Kier alpha value is -2.96. The maximum absolute atomic E-state index is 13.2. The van der Waals surface area contributed by atoms with Crippen molar-refractivity contribution in [2.45, 2.75) is 44.1 Å². The van der Waals surface area contributed by atoms with E-state index < -0.39 is 33.6 Å². The summed E-state index contributed by atoms with van der Waals surface area (Å²) in [6, 6.07) is 7.70. The number of amides is 2. The van der Waals surface area contributed by atoms with Crippen LogP contribution in [0.15, 0.2) is 47.4 Å². The molecule has 0 bridgehead atoms. The first-order chi connectivity index (χ1) is 15.8. The van der Waals surface area contributed by atoms with Crippen molar-refractivity contribution in [1.29, 1.82) is 0 Å². The van der Waals surface area contributed by atoms with Crippen LogP contribution in [0.4, 0.5) is 24.5 Å². The zero-order valence-electron chi connectivity index (χ0n) is 18.6. The second-order valence-electron chi connectivity index (χ2n) is 8.00. The van der Waals surface area contributed by atoms with Gasteiger partial charge in [0.15, 0.2) is 0 Å². The predicted octanol–water partition coefficient (Wildman–Crippen LogP) is 3.71. The number of hydrogen-bond donors (Lipinski definition) is 2. The summed E-state index contributed by atoms with van der Waals surface area (Å²) in [5, 5.41) is 4.70. The molecular weight excluding hydrogens is 475 g/mol. The van der Waals surface area contributed by atoms with Crippen LogP contribution >= 0.6 is 0 Å². The summed E-state index contributed by atoms with van der Waals surface area (Å²) in [6.07, 6.45) is -5.29. The molecule has 1 aliphatic heterocycles. The lowest BCUT2D eigenvalue weighted by molar-refractivity contribution is -0.137. The van der Waals surface area contributed by atoms with E-state index in [4.69, 9.17) is 4.74 Å². The minimum absolute atomic E-state index is 0.0334. The number of halogens is 3. The summed E-state index contributed by atoms with van der Waals surface area (Å²) in [6.45, 7) is 4.97. The second-order valence-corrected chi connectivity index (χ2v) is 9.94. The number of carbonyl (C=O) groups excluding carboxylic acids is 2. The Bertz CT molecular complexity index is 1190. The Morgan fingerprint density at radius 1 is 1.00 bits per heavy atom. The lowest BCUT2D eigenvalue weighted by Crippen LogP contribution is -2.48. The van der Waals surface area contributed by atoms with Gasteiger partial charge in [0.2, 0.25) is 15.9 Å². The van der Waals surface area contributed by atoms with Gasteiger partial charge in [-0.1, -0.05) is 6.07 Å². The number of alkyl halides is 3. The summed E-state index contributed by atoms with van der Waals surface area (Å²) in [5.41, 5.74) is -1.42. The number of benzene rings is 2. The first-order valence-corrected chi connectivity index (χ1v) is 11.8. The summed E-state index contributed by atoms with van der Waals surface area (Å²) >= 11 is 0. The molecule has 0 aromatic heterocycles. The van der Waals surface area contributed by atoms with Crippen LogP contribution in [-0.2, 0) is 25.7 Å². The second kappa shape index (κ2) is 9.72. The van der Waals surface area contributed by atoms with Crippen molar-refractivity contribution in [3.05, 3.63) is 53.6 Å². The van der Waals surface area contributed by atoms with E-state index in [0.717, 1.165) is 18.2 Å². The van der Waals surface area contributed by atoms with Crippen LogP contribution in [0.25, 0.3) is 0 Å². The van der Waals surface area contributed by atoms with Crippen LogP contribution in [0.3, 0.4) is 0 Å². The Kier molecular flexibility index (Phi) is 7.34. The molecule has 1 aliphatic rings. The highest BCUT2D eigenvalue weighted by atomic mass is 32.2. The fraction of sp³-hybridized carbons (Fsp3) is 0.364. The lowest BCUT2D eigenvalue weighted by Gasteiger charge is -2.34. The normalized spacial score (nSPS) is 19.5. The molecule has 12 heteroatoms. The van der Waals surface area contributed by atoms with Crippen molar-refractivity contribution in [2.75, 3.05) is 23.7 Å². The highest BCUT2D eigenvalue weighted by molar-refractivity contribution is 7.89. The molecule has 1 heterocycles. The Balaban J connectivity index is 1.91. The molecule has 0 aliphatic carbocycles. The first-order valence-electron chi connectivity index (χ1n) is 10.3. The zero-order valence-corrected chi connectivity index (χ0v) is 19.5. The van der Waals surface area contributed by atoms with Gasteiger partial charge in [-0.05, 0) is 50.2 Å². The van der Waals surface area contributed by atoms with Crippen molar-refractivity contribution in [3.8, 4) is 0 Å². The summed E-state index contributed by atoms with van der Waals surface area (Å²) < 4.78 is 72.5. The minimum atomic E-state index is -4.67. The SMILES string of the molecule is CC(=O)Nc1ccc(C(F)(F)F)cc1NC(=O)c1cccc(S(=O)(=O)N2CC(C)OC(C)C2)c1. The largest absolute Gasteiger partial charge is 0.416 e. The molecular formula is C22H24F3N3O5S. The van der Waals surface area contributed by atoms with Crippen molar-refractivity contribution in [1.82, 2.24) is 4.31 Å². The molecule has 0 saturated carbocycles. The molecule has 34 heavy (non-hydrogen) atoms. The topological polar surface area (TPSA) is 105 Å². The van der Waals surface area contributed by atoms with Gasteiger partial charge in [0, 0.05) is 25.6 Å². The van der Waals surface area contributed by atoms with Crippen LogP contribution in [0.2, 0.25) is 0 Å². The fourth-order valence-electron chi connectivity index (χ4n) is 3.59. The molecule has 2 amide bonds. The average molecular weight is 500 g/mol. The summed E-state index contributed by atoms with van der Waals surface area (Å²) in [7, 11) is -3.94. The fourth-order valence-corrected chi connectivity index (χ4v) is 5.23. The Labute approximate surface area is 195 Å². The van der Waals surface area contributed by atoms with Crippen LogP contribution in [0, 0.1) is 0 Å². The molecule has 3 rings (SSSR count). The maximum Gasteiger partial charge on any atom is 0.416 e. The maximum atomic E-state index is 13.2. The zero-order chi connectivity index (χ0) is 25.3. The molecule has 2 aromatic rings.